The maximum absolute atomic E-state index is 11.7. The summed E-state index contributed by atoms with van der Waals surface area (Å²) in [5.74, 6) is -0.0583. The molecule has 0 spiro atoms. The van der Waals surface area contributed by atoms with E-state index in [4.69, 9.17) is 4.74 Å². The highest BCUT2D eigenvalue weighted by molar-refractivity contribution is 5.77. The Labute approximate surface area is 107 Å². The van der Waals surface area contributed by atoms with Crippen molar-refractivity contribution in [3.63, 3.8) is 0 Å². The molecule has 2 aliphatic heterocycles. The van der Waals surface area contributed by atoms with E-state index < -0.39 is 0 Å². The first-order chi connectivity index (χ1) is 8.75. The largest absolute Gasteiger partial charge is 0.464 e. The molecule has 96 valence electrons. The second-order valence-electron chi connectivity index (χ2n) is 4.99. The second kappa shape index (κ2) is 4.61. The van der Waals surface area contributed by atoms with Gasteiger partial charge in [0.05, 0.1) is 6.61 Å². The lowest BCUT2D eigenvalue weighted by atomic mass is 10.1. The number of rotatable bonds is 1. The number of benzene rings is 1. The van der Waals surface area contributed by atoms with Crippen LogP contribution >= 0.6 is 0 Å². The number of nitrogens with zero attached hydrogens (tertiary/aromatic N) is 2. The maximum atomic E-state index is 11.7. The molecule has 1 saturated heterocycles. The molecule has 0 aliphatic carbocycles. The number of likely N-dealkylation sites (N-methyl/N-ethyl adjacent to an activating group) is 1. The van der Waals surface area contributed by atoms with Gasteiger partial charge in [0.25, 0.3) is 0 Å². The Morgan fingerprint density at radius 1 is 1.28 bits per heavy atom. The number of ether oxygens (including phenoxy) is 1. The molecule has 4 heteroatoms. The Balaban J connectivity index is 1.86. The number of carbonyl (C=O) groups is 1. The van der Waals surface area contributed by atoms with Crippen LogP contribution in [0.5, 0.6) is 0 Å². The summed E-state index contributed by atoms with van der Waals surface area (Å²) in [5.41, 5.74) is 2.56. The summed E-state index contributed by atoms with van der Waals surface area (Å²) in [6.07, 6.45) is 0.824. The molecule has 0 amide bonds. The number of anilines is 1. The normalized spacial score (nSPS) is 24.6. The SMILES string of the molecule is CN1CCN([C@H]2CCOC2=O)Cc2ccccc21. The van der Waals surface area contributed by atoms with Crippen LogP contribution in [0.25, 0.3) is 0 Å². The molecule has 1 aromatic rings. The van der Waals surface area contributed by atoms with Crippen LogP contribution in [-0.4, -0.2) is 43.7 Å². The fraction of sp³-hybridized carbons (Fsp3) is 0.500. The molecule has 0 unspecified atom stereocenters. The van der Waals surface area contributed by atoms with Crippen molar-refractivity contribution in [1.29, 1.82) is 0 Å². The zero-order valence-corrected chi connectivity index (χ0v) is 10.6. The molecule has 0 saturated carbocycles. The predicted octanol–water partition coefficient (Wildman–Crippen LogP) is 1.25. The summed E-state index contributed by atoms with van der Waals surface area (Å²) < 4.78 is 5.08. The lowest BCUT2D eigenvalue weighted by Gasteiger charge is -2.24. The van der Waals surface area contributed by atoms with Crippen molar-refractivity contribution in [1.82, 2.24) is 4.90 Å². The number of fused-ring (bicyclic) bond motifs is 1. The van der Waals surface area contributed by atoms with Crippen LogP contribution in [0, 0.1) is 0 Å². The average molecular weight is 246 g/mol. The summed E-state index contributed by atoms with van der Waals surface area (Å²) in [4.78, 5) is 16.2. The third-order valence-electron chi connectivity index (χ3n) is 3.85. The van der Waals surface area contributed by atoms with Gasteiger partial charge in [0, 0.05) is 38.8 Å². The molecule has 0 aromatic heterocycles. The van der Waals surface area contributed by atoms with Crippen molar-refractivity contribution >= 4 is 11.7 Å². The van der Waals surface area contributed by atoms with Crippen LogP contribution in [0.2, 0.25) is 0 Å². The monoisotopic (exact) mass is 246 g/mol. The molecule has 0 radical (unpaired) electrons. The van der Waals surface area contributed by atoms with Crippen molar-refractivity contribution < 1.29 is 9.53 Å². The fourth-order valence-electron chi connectivity index (χ4n) is 2.80. The Morgan fingerprint density at radius 2 is 2.11 bits per heavy atom. The van der Waals surface area contributed by atoms with Gasteiger partial charge in [0.2, 0.25) is 0 Å². The molecule has 2 heterocycles. The number of esters is 1. The lowest BCUT2D eigenvalue weighted by Crippen LogP contribution is -2.40. The third kappa shape index (κ3) is 1.97. The highest BCUT2D eigenvalue weighted by atomic mass is 16.5. The Hall–Kier alpha value is -1.55. The molecule has 1 fully saturated rings. The molecular formula is C14H18N2O2. The van der Waals surface area contributed by atoms with Crippen LogP contribution in [0.15, 0.2) is 24.3 Å². The van der Waals surface area contributed by atoms with E-state index >= 15 is 0 Å². The molecule has 2 aliphatic rings. The van der Waals surface area contributed by atoms with Gasteiger partial charge < -0.3 is 9.64 Å². The quantitative estimate of drug-likeness (QED) is 0.698. The van der Waals surface area contributed by atoms with Gasteiger partial charge in [0.1, 0.15) is 6.04 Å². The molecule has 3 rings (SSSR count). The lowest BCUT2D eigenvalue weighted by molar-refractivity contribution is -0.142. The van der Waals surface area contributed by atoms with Crippen LogP contribution < -0.4 is 4.90 Å². The van der Waals surface area contributed by atoms with E-state index in [0.29, 0.717) is 6.61 Å². The van der Waals surface area contributed by atoms with E-state index in [1.54, 1.807) is 0 Å². The number of cyclic esters (lactones) is 1. The van der Waals surface area contributed by atoms with E-state index in [1.165, 1.54) is 11.3 Å². The Bertz CT molecular complexity index is 461. The summed E-state index contributed by atoms with van der Waals surface area (Å²) in [6.45, 7) is 3.25. The van der Waals surface area contributed by atoms with Gasteiger partial charge in [-0.05, 0) is 11.6 Å². The summed E-state index contributed by atoms with van der Waals surface area (Å²) in [5, 5.41) is 0. The number of hydrogen-bond donors (Lipinski definition) is 0. The van der Waals surface area contributed by atoms with Gasteiger partial charge in [-0.3, -0.25) is 9.69 Å². The van der Waals surface area contributed by atoms with Gasteiger partial charge in [-0.25, -0.2) is 0 Å². The highest BCUT2D eigenvalue weighted by Gasteiger charge is 2.33. The zero-order chi connectivity index (χ0) is 12.5. The van der Waals surface area contributed by atoms with Crippen LogP contribution in [-0.2, 0) is 16.1 Å². The maximum Gasteiger partial charge on any atom is 0.323 e. The minimum Gasteiger partial charge on any atom is -0.464 e. The topological polar surface area (TPSA) is 32.8 Å². The van der Waals surface area contributed by atoms with Gasteiger partial charge in [0.15, 0.2) is 0 Å². The molecular weight excluding hydrogens is 228 g/mol. The van der Waals surface area contributed by atoms with Crippen molar-refractivity contribution in [2.75, 3.05) is 31.6 Å². The molecule has 0 bridgehead atoms. The number of para-hydroxylation sites is 1. The standard InChI is InChI=1S/C14H18N2O2/c1-15-7-8-16(13-6-9-18-14(13)17)10-11-4-2-3-5-12(11)15/h2-5,13H,6-10H2,1H3/t13-/m0/s1. The zero-order valence-electron chi connectivity index (χ0n) is 10.6. The first-order valence-electron chi connectivity index (χ1n) is 6.45. The summed E-state index contributed by atoms with van der Waals surface area (Å²) >= 11 is 0. The van der Waals surface area contributed by atoms with Crippen LogP contribution in [0.4, 0.5) is 5.69 Å². The minimum absolute atomic E-state index is 0.0513. The van der Waals surface area contributed by atoms with E-state index in [9.17, 15) is 4.79 Å². The van der Waals surface area contributed by atoms with Crippen molar-refractivity contribution in [3.8, 4) is 0 Å². The molecule has 18 heavy (non-hydrogen) atoms. The number of carbonyl (C=O) groups excluding carboxylic acids is 1. The number of hydrogen-bond acceptors (Lipinski definition) is 4. The van der Waals surface area contributed by atoms with Crippen molar-refractivity contribution in [3.05, 3.63) is 29.8 Å². The second-order valence-corrected chi connectivity index (χ2v) is 4.99. The Morgan fingerprint density at radius 3 is 2.89 bits per heavy atom. The molecule has 1 atom stereocenters. The van der Waals surface area contributed by atoms with Gasteiger partial charge in [-0.15, -0.1) is 0 Å². The fourth-order valence-corrected chi connectivity index (χ4v) is 2.80. The minimum atomic E-state index is -0.0583. The van der Waals surface area contributed by atoms with Crippen LogP contribution in [0.3, 0.4) is 0 Å². The van der Waals surface area contributed by atoms with Gasteiger partial charge >= 0.3 is 5.97 Å². The molecule has 0 N–H and O–H groups in total. The van der Waals surface area contributed by atoms with Crippen molar-refractivity contribution in [2.45, 2.75) is 19.0 Å². The first-order valence-corrected chi connectivity index (χ1v) is 6.45. The van der Waals surface area contributed by atoms with Crippen LogP contribution in [0.1, 0.15) is 12.0 Å². The van der Waals surface area contributed by atoms with Crippen molar-refractivity contribution in [2.24, 2.45) is 0 Å². The Kier molecular flexibility index (Phi) is 2.96. The summed E-state index contributed by atoms with van der Waals surface area (Å²) in [7, 11) is 2.11. The van der Waals surface area contributed by atoms with Gasteiger partial charge in [-0.1, -0.05) is 18.2 Å². The molecule has 4 nitrogen and oxygen atoms in total. The average Bonchev–Trinajstić information content (AvgIpc) is 2.73. The summed E-state index contributed by atoms with van der Waals surface area (Å²) in [6, 6.07) is 8.36. The highest BCUT2D eigenvalue weighted by Crippen LogP contribution is 2.26. The smallest absolute Gasteiger partial charge is 0.323 e. The van der Waals surface area contributed by atoms with E-state index in [0.717, 1.165) is 26.1 Å². The molecule has 1 aromatic carbocycles. The van der Waals surface area contributed by atoms with E-state index in [2.05, 4.69) is 41.1 Å². The first kappa shape index (κ1) is 11.5. The van der Waals surface area contributed by atoms with E-state index in [1.807, 2.05) is 0 Å². The van der Waals surface area contributed by atoms with E-state index in [-0.39, 0.29) is 12.0 Å². The predicted molar refractivity (Wildman–Crippen MR) is 69.5 cm³/mol. The third-order valence-corrected chi connectivity index (χ3v) is 3.85. The van der Waals surface area contributed by atoms with Gasteiger partial charge in [-0.2, -0.15) is 0 Å².